The van der Waals surface area contributed by atoms with Gasteiger partial charge < -0.3 is 15.4 Å². The summed E-state index contributed by atoms with van der Waals surface area (Å²) < 4.78 is 0. The average Bonchev–Trinajstić information content (AvgIpc) is 2.85. The summed E-state index contributed by atoms with van der Waals surface area (Å²) in [4.78, 5) is 5.64. The molecule has 3 N–H and O–H groups in total. The zero-order valence-electron chi connectivity index (χ0n) is 10.4. The molecule has 4 nitrogen and oxygen atoms in total. The molecule has 1 aliphatic heterocycles. The molecular formula is C14H19N3O. The van der Waals surface area contributed by atoms with Gasteiger partial charge in [-0.15, -0.1) is 0 Å². The van der Waals surface area contributed by atoms with Gasteiger partial charge in [-0.1, -0.05) is 18.2 Å². The van der Waals surface area contributed by atoms with Crippen LogP contribution in [0, 0.1) is 0 Å². The lowest BCUT2D eigenvalue weighted by Crippen LogP contribution is -2.46. The van der Waals surface area contributed by atoms with Gasteiger partial charge in [0.05, 0.1) is 12.6 Å². The highest BCUT2D eigenvalue weighted by molar-refractivity contribution is 5.83. The smallest absolute Gasteiger partial charge is 0.0629 e. The van der Waals surface area contributed by atoms with Crippen LogP contribution in [0.2, 0.25) is 0 Å². The second-order valence-corrected chi connectivity index (χ2v) is 4.77. The van der Waals surface area contributed by atoms with Crippen molar-refractivity contribution in [2.45, 2.75) is 6.04 Å². The van der Waals surface area contributed by atoms with Crippen LogP contribution >= 0.6 is 0 Å². The Kier molecular flexibility index (Phi) is 3.32. The summed E-state index contributed by atoms with van der Waals surface area (Å²) >= 11 is 0. The second kappa shape index (κ2) is 5.10. The van der Waals surface area contributed by atoms with E-state index in [1.165, 1.54) is 10.9 Å². The first kappa shape index (κ1) is 11.7. The fourth-order valence-electron chi connectivity index (χ4n) is 2.77. The first-order valence-electron chi connectivity index (χ1n) is 6.52. The molecule has 0 saturated carbocycles. The SMILES string of the molecule is OCC(c1c[nH]c2ccccc12)N1CCNCC1. The van der Waals surface area contributed by atoms with Gasteiger partial charge in [-0.3, -0.25) is 4.90 Å². The maximum atomic E-state index is 9.73. The van der Waals surface area contributed by atoms with Crippen LogP contribution in [-0.2, 0) is 0 Å². The number of aliphatic hydroxyl groups is 1. The Labute approximate surface area is 107 Å². The van der Waals surface area contributed by atoms with Gasteiger partial charge in [0, 0.05) is 43.3 Å². The number of aliphatic hydroxyl groups excluding tert-OH is 1. The van der Waals surface area contributed by atoms with Gasteiger partial charge >= 0.3 is 0 Å². The van der Waals surface area contributed by atoms with E-state index in [9.17, 15) is 5.11 Å². The molecule has 1 aliphatic rings. The number of piperazine rings is 1. The molecule has 1 atom stereocenters. The monoisotopic (exact) mass is 245 g/mol. The van der Waals surface area contributed by atoms with E-state index < -0.39 is 0 Å². The van der Waals surface area contributed by atoms with Crippen LogP contribution in [0.5, 0.6) is 0 Å². The van der Waals surface area contributed by atoms with E-state index in [4.69, 9.17) is 0 Å². The van der Waals surface area contributed by atoms with Gasteiger partial charge in [0.15, 0.2) is 0 Å². The number of benzene rings is 1. The first-order chi connectivity index (χ1) is 8.90. The first-order valence-corrected chi connectivity index (χ1v) is 6.52. The summed E-state index contributed by atoms with van der Waals surface area (Å²) in [6.45, 7) is 4.15. The number of aromatic amines is 1. The van der Waals surface area contributed by atoms with Crippen molar-refractivity contribution in [3.05, 3.63) is 36.0 Å². The fraction of sp³-hybridized carbons (Fsp3) is 0.429. The molecule has 1 unspecified atom stereocenters. The Morgan fingerprint density at radius 2 is 2.00 bits per heavy atom. The van der Waals surface area contributed by atoms with Crippen LogP contribution in [0.1, 0.15) is 11.6 Å². The molecule has 0 aliphatic carbocycles. The molecule has 2 aromatic rings. The number of aromatic nitrogens is 1. The van der Waals surface area contributed by atoms with Gasteiger partial charge in [-0.25, -0.2) is 0 Å². The molecule has 0 amide bonds. The van der Waals surface area contributed by atoms with Crippen molar-refractivity contribution in [3.63, 3.8) is 0 Å². The van der Waals surface area contributed by atoms with E-state index >= 15 is 0 Å². The molecule has 96 valence electrons. The molecule has 3 rings (SSSR count). The standard InChI is InChI=1S/C14H19N3O/c18-10-14(17-7-5-15-6-8-17)12-9-16-13-4-2-1-3-11(12)13/h1-4,9,14-16,18H,5-8,10H2. The van der Waals surface area contributed by atoms with Crippen molar-refractivity contribution < 1.29 is 5.11 Å². The third kappa shape index (κ3) is 2.03. The van der Waals surface area contributed by atoms with Gasteiger partial charge in [-0.05, 0) is 11.6 Å². The molecule has 18 heavy (non-hydrogen) atoms. The molecule has 0 spiro atoms. The molecule has 1 fully saturated rings. The average molecular weight is 245 g/mol. The van der Waals surface area contributed by atoms with E-state index in [2.05, 4.69) is 27.3 Å². The van der Waals surface area contributed by atoms with Crippen LogP contribution in [0.15, 0.2) is 30.5 Å². The summed E-state index contributed by atoms with van der Waals surface area (Å²) in [5, 5.41) is 14.3. The molecule has 1 aromatic heterocycles. The summed E-state index contributed by atoms with van der Waals surface area (Å²) in [6, 6.07) is 8.37. The lowest BCUT2D eigenvalue weighted by molar-refractivity contribution is 0.111. The molecular weight excluding hydrogens is 226 g/mol. The quantitative estimate of drug-likeness (QED) is 0.759. The second-order valence-electron chi connectivity index (χ2n) is 4.77. The predicted molar refractivity (Wildman–Crippen MR) is 72.6 cm³/mol. The lowest BCUT2D eigenvalue weighted by Gasteiger charge is -2.33. The Bertz CT molecular complexity index is 516. The normalized spacial score (nSPS) is 19.2. The summed E-state index contributed by atoms with van der Waals surface area (Å²) in [7, 11) is 0. The maximum Gasteiger partial charge on any atom is 0.0629 e. The highest BCUT2D eigenvalue weighted by Gasteiger charge is 2.23. The minimum absolute atomic E-state index is 0.100. The Morgan fingerprint density at radius 1 is 1.22 bits per heavy atom. The largest absolute Gasteiger partial charge is 0.394 e. The van der Waals surface area contributed by atoms with E-state index in [0.29, 0.717) is 0 Å². The summed E-state index contributed by atoms with van der Waals surface area (Å²) in [5.41, 5.74) is 2.34. The molecule has 0 radical (unpaired) electrons. The number of nitrogens with zero attached hydrogens (tertiary/aromatic N) is 1. The third-order valence-electron chi connectivity index (χ3n) is 3.75. The van der Waals surface area contributed by atoms with Gasteiger partial charge in [-0.2, -0.15) is 0 Å². The highest BCUT2D eigenvalue weighted by atomic mass is 16.3. The minimum Gasteiger partial charge on any atom is -0.394 e. The minimum atomic E-state index is 0.100. The fourth-order valence-corrected chi connectivity index (χ4v) is 2.77. The number of rotatable bonds is 3. The number of hydrogen-bond acceptors (Lipinski definition) is 3. The maximum absolute atomic E-state index is 9.73. The van der Waals surface area contributed by atoms with Crippen LogP contribution in [0.3, 0.4) is 0 Å². The Hall–Kier alpha value is -1.36. The predicted octanol–water partition coefficient (Wildman–Crippen LogP) is 1.11. The van der Waals surface area contributed by atoms with Crippen molar-refractivity contribution in [2.75, 3.05) is 32.8 Å². The number of nitrogens with one attached hydrogen (secondary N) is 2. The zero-order valence-corrected chi connectivity index (χ0v) is 10.4. The Balaban J connectivity index is 1.95. The summed E-state index contributed by atoms with van der Waals surface area (Å²) in [6.07, 6.45) is 2.04. The Morgan fingerprint density at radius 3 is 2.78 bits per heavy atom. The van der Waals surface area contributed by atoms with Crippen molar-refractivity contribution in [1.29, 1.82) is 0 Å². The van der Waals surface area contributed by atoms with Crippen LogP contribution in [0.4, 0.5) is 0 Å². The molecule has 4 heteroatoms. The lowest BCUT2D eigenvalue weighted by atomic mass is 10.0. The van der Waals surface area contributed by atoms with E-state index in [1.54, 1.807) is 0 Å². The molecule has 2 heterocycles. The number of hydrogen-bond donors (Lipinski definition) is 3. The molecule has 0 bridgehead atoms. The van der Waals surface area contributed by atoms with Crippen LogP contribution in [-0.4, -0.2) is 47.8 Å². The van der Waals surface area contributed by atoms with Gasteiger partial charge in [0.2, 0.25) is 0 Å². The van der Waals surface area contributed by atoms with Gasteiger partial charge in [0.1, 0.15) is 0 Å². The van der Waals surface area contributed by atoms with E-state index in [-0.39, 0.29) is 12.6 Å². The number of H-pyrrole nitrogens is 1. The van der Waals surface area contributed by atoms with Crippen molar-refractivity contribution in [3.8, 4) is 0 Å². The highest BCUT2D eigenvalue weighted by Crippen LogP contribution is 2.28. The number of para-hydroxylation sites is 1. The van der Waals surface area contributed by atoms with E-state index in [0.717, 1.165) is 31.7 Å². The third-order valence-corrected chi connectivity index (χ3v) is 3.75. The van der Waals surface area contributed by atoms with Crippen molar-refractivity contribution in [2.24, 2.45) is 0 Å². The van der Waals surface area contributed by atoms with Crippen molar-refractivity contribution in [1.82, 2.24) is 15.2 Å². The van der Waals surface area contributed by atoms with Crippen molar-refractivity contribution >= 4 is 10.9 Å². The summed E-state index contributed by atoms with van der Waals surface area (Å²) in [5.74, 6) is 0. The van der Waals surface area contributed by atoms with Gasteiger partial charge in [0.25, 0.3) is 0 Å². The number of fused-ring (bicyclic) bond motifs is 1. The van der Waals surface area contributed by atoms with Crippen LogP contribution < -0.4 is 5.32 Å². The van der Waals surface area contributed by atoms with Crippen LogP contribution in [0.25, 0.3) is 10.9 Å². The zero-order chi connectivity index (χ0) is 12.4. The topological polar surface area (TPSA) is 51.3 Å². The molecule has 1 saturated heterocycles. The van der Waals surface area contributed by atoms with E-state index in [1.807, 2.05) is 18.3 Å². The molecule has 1 aromatic carbocycles.